The Hall–Kier alpha value is -7.39. The van der Waals surface area contributed by atoms with Crippen molar-refractivity contribution in [1.29, 1.82) is 0 Å². The van der Waals surface area contributed by atoms with E-state index in [0.717, 1.165) is 15.9 Å². The monoisotopic (exact) mass is 1330 g/mol. The van der Waals surface area contributed by atoms with Gasteiger partial charge in [-0.15, -0.1) is 0 Å². The standard InChI is InChI=1S/C66H117N13O15/c1-25-45-61(88)73(18)35-51(81)74(19)46(31-36(3)4)58(85)72-52(40(11)12)64(91)75(20)47(32-37(5)6)57(84)69-43(16)56(83)70-44(17)60(87)76(21)48(33-38(7)8)62(89)77(22)49(34-39(9)10)63(90)78(23)53(41(13)14)65(92)79(24)54(59(86)71-45)55(82)42(15)27-30-94-66(93)68-29-28-67-50(80)26-2/h26,36-49,52-55,82H,2,25,27-35H2,1,3-24H3,(H,67,80)(H,68,93)(H,69,84)(H,70,83)(H,71,86)(H,72,85)/t42-,43+,44-,45+,46+,47+,48+,49+,52+,53+,54+,55-/m1/s1. The molecule has 0 saturated carbocycles. The van der Waals surface area contributed by atoms with Crippen molar-refractivity contribution in [2.45, 2.75) is 216 Å². The molecule has 0 aromatic carbocycles. The van der Waals surface area contributed by atoms with Crippen LogP contribution >= 0.6 is 0 Å². The first-order chi connectivity index (χ1) is 43.5. The number of carbonyl (C=O) groups excluding carboxylic acids is 13. The van der Waals surface area contributed by atoms with Gasteiger partial charge in [0.2, 0.25) is 70.9 Å². The zero-order valence-electron chi connectivity index (χ0n) is 60.5. The Morgan fingerprint density at radius 1 is 0.521 bits per heavy atom. The highest BCUT2D eigenvalue weighted by Gasteiger charge is 2.46. The molecule has 0 aliphatic carbocycles. The summed E-state index contributed by atoms with van der Waals surface area (Å²) >= 11 is 0. The van der Waals surface area contributed by atoms with Crippen LogP contribution in [0.3, 0.4) is 0 Å². The van der Waals surface area contributed by atoms with Crippen LogP contribution in [0.15, 0.2) is 12.7 Å². The predicted molar refractivity (Wildman–Crippen MR) is 356 cm³/mol. The zero-order valence-corrected chi connectivity index (χ0v) is 60.5. The van der Waals surface area contributed by atoms with Crippen LogP contribution in [0.1, 0.15) is 149 Å². The van der Waals surface area contributed by atoms with Gasteiger partial charge in [0.05, 0.1) is 19.3 Å². The lowest BCUT2D eigenvalue weighted by molar-refractivity contribution is -0.157. The summed E-state index contributed by atoms with van der Waals surface area (Å²) in [5.74, 6) is -11.3. The van der Waals surface area contributed by atoms with E-state index >= 15 is 19.2 Å². The molecule has 1 saturated heterocycles. The molecule has 1 aliphatic heterocycles. The van der Waals surface area contributed by atoms with Gasteiger partial charge in [0.25, 0.3) is 0 Å². The number of rotatable bonds is 20. The molecule has 0 aromatic rings. The Bertz CT molecular complexity index is 2620. The van der Waals surface area contributed by atoms with E-state index in [1.54, 1.807) is 41.5 Å². The average Bonchev–Trinajstić information content (AvgIpc) is 0.807. The summed E-state index contributed by atoms with van der Waals surface area (Å²) in [7, 11) is 9.62. The van der Waals surface area contributed by atoms with Crippen molar-refractivity contribution in [2.24, 2.45) is 41.4 Å². The second kappa shape index (κ2) is 39.5. The van der Waals surface area contributed by atoms with Crippen LogP contribution in [0.4, 0.5) is 4.79 Å². The SMILES string of the molecule is C=CC(=O)NCCNC(=O)OCC[C@@H](C)[C@@H](O)[C@H]1C(=O)N[C@@H](CC)C(=O)N(C)CC(=O)N(C)[C@@H](CC(C)C)C(=O)N[C@@H](C(C)C)C(=O)N(C)[C@@H](CC(C)C)C(=O)N[C@@H](C)C(=O)N[C@H](C)C(=O)N(C)[C@@H](CC(C)C)C(=O)N(C)[C@@H](CC(C)C)C(=O)N(C)[C@@H](C(C)C)C(=O)N1C. The molecule has 94 heavy (non-hydrogen) atoms. The third-order valence-electron chi connectivity index (χ3n) is 17.0. The fourth-order valence-electron chi connectivity index (χ4n) is 11.2. The number of likely N-dealkylation sites (N-methyl/N-ethyl adjacent to an activating group) is 7. The number of nitrogens with one attached hydrogen (secondary N) is 6. The van der Waals surface area contributed by atoms with Crippen LogP contribution in [-0.4, -0.2) is 258 Å². The predicted octanol–water partition coefficient (Wildman–Crippen LogP) is 1.72. The number of carbonyl (C=O) groups is 13. The van der Waals surface area contributed by atoms with Crippen LogP contribution in [0.5, 0.6) is 0 Å². The first-order valence-electron chi connectivity index (χ1n) is 33.0. The molecule has 1 rings (SSSR count). The molecule has 28 heteroatoms. The molecule has 0 unspecified atom stereocenters. The van der Waals surface area contributed by atoms with Gasteiger partial charge in [0.15, 0.2) is 0 Å². The molecular weight excluding hydrogens is 1210 g/mol. The highest BCUT2D eigenvalue weighted by Crippen LogP contribution is 2.26. The number of aliphatic hydroxyl groups excluding tert-OH is 1. The van der Waals surface area contributed by atoms with Crippen LogP contribution in [0, 0.1) is 41.4 Å². The van der Waals surface area contributed by atoms with Crippen LogP contribution in [0.25, 0.3) is 0 Å². The van der Waals surface area contributed by atoms with Crippen molar-refractivity contribution in [3.05, 3.63) is 12.7 Å². The molecule has 28 nitrogen and oxygen atoms in total. The van der Waals surface area contributed by atoms with Gasteiger partial charge in [0, 0.05) is 62.4 Å². The van der Waals surface area contributed by atoms with Crippen molar-refractivity contribution in [3.63, 3.8) is 0 Å². The van der Waals surface area contributed by atoms with Crippen molar-refractivity contribution in [1.82, 2.24) is 66.2 Å². The smallest absolute Gasteiger partial charge is 0.407 e. The van der Waals surface area contributed by atoms with Crippen molar-refractivity contribution < 1.29 is 72.2 Å². The van der Waals surface area contributed by atoms with Gasteiger partial charge in [-0.05, 0) is 99.9 Å². The van der Waals surface area contributed by atoms with E-state index in [1.807, 2.05) is 55.4 Å². The van der Waals surface area contributed by atoms with Gasteiger partial charge < -0.3 is 76.0 Å². The Morgan fingerprint density at radius 2 is 0.957 bits per heavy atom. The average molecular weight is 1330 g/mol. The van der Waals surface area contributed by atoms with Gasteiger partial charge in [0.1, 0.15) is 60.4 Å². The van der Waals surface area contributed by atoms with Crippen molar-refractivity contribution in [3.8, 4) is 0 Å². The summed E-state index contributed by atoms with van der Waals surface area (Å²) in [4.78, 5) is 193. The number of aliphatic hydroxyl groups is 1. The largest absolute Gasteiger partial charge is 0.450 e. The Labute approximate surface area is 558 Å². The molecule has 536 valence electrons. The maximum atomic E-state index is 15.3. The molecule has 0 radical (unpaired) electrons. The normalized spacial score (nSPS) is 25.1. The zero-order chi connectivity index (χ0) is 72.7. The molecular formula is C66H117N13O15. The van der Waals surface area contributed by atoms with Gasteiger partial charge in [-0.3, -0.25) is 57.5 Å². The van der Waals surface area contributed by atoms with E-state index < -0.39 is 168 Å². The summed E-state index contributed by atoms with van der Waals surface area (Å²) in [6.45, 7) is 30.1. The lowest BCUT2D eigenvalue weighted by Gasteiger charge is -2.41. The third-order valence-corrected chi connectivity index (χ3v) is 17.0. The summed E-state index contributed by atoms with van der Waals surface area (Å²) < 4.78 is 5.34. The maximum absolute atomic E-state index is 15.3. The van der Waals surface area contributed by atoms with E-state index in [0.29, 0.717) is 0 Å². The van der Waals surface area contributed by atoms with Crippen LogP contribution < -0.4 is 31.9 Å². The van der Waals surface area contributed by atoms with E-state index in [9.17, 15) is 48.3 Å². The molecule has 1 heterocycles. The van der Waals surface area contributed by atoms with Crippen molar-refractivity contribution in [2.75, 3.05) is 75.6 Å². The summed E-state index contributed by atoms with van der Waals surface area (Å²) in [5, 5.41) is 28.2. The lowest BCUT2D eigenvalue weighted by atomic mass is 9.91. The van der Waals surface area contributed by atoms with Gasteiger partial charge >= 0.3 is 6.09 Å². The third kappa shape index (κ3) is 25.1. The minimum absolute atomic E-state index is 0.0126. The molecule has 1 fully saturated rings. The topological polar surface area (TPSA) is 346 Å². The van der Waals surface area contributed by atoms with Crippen molar-refractivity contribution >= 4 is 77.0 Å². The molecule has 0 aromatic heterocycles. The highest BCUT2D eigenvalue weighted by atomic mass is 16.5. The van der Waals surface area contributed by atoms with Gasteiger partial charge in [-0.2, -0.15) is 0 Å². The number of hydrogen-bond donors (Lipinski definition) is 7. The minimum atomic E-state index is -1.79. The second-order valence-electron chi connectivity index (χ2n) is 27.6. The number of nitrogens with zero attached hydrogens (tertiary/aromatic N) is 7. The molecule has 0 spiro atoms. The second-order valence-corrected chi connectivity index (χ2v) is 27.6. The fraction of sp³-hybridized carbons (Fsp3) is 0.773. The first kappa shape index (κ1) is 84.6. The first-order valence-corrected chi connectivity index (χ1v) is 33.0. The minimum Gasteiger partial charge on any atom is -0.450 e. The van der Waals surface area contributed by atoms with Crippen LogP contribution in [-0.2, 0) is 62.3 Å². The summed E-state index contributed by atoms with van der Waals surface area (Å²) in [6, 6.07) is -13.0. The summed E-state index contributed by atoms with van der Waals surface area (Å²) in [6.07, 6.45) is -1.16. The maximum Gasteiger partial charge on any atom is 0.407 e. The number of alkyl carbamates (subject to hydrolysis) is 1. The number of hydrogen-bond acceptors (Lipinski definition) is 15. The molecule has 7 N–H and O–H groups in total. The Kier molecular flexibility index (Phi) is 35.5. The van der Waals surface area contributed by atoms with E-state index in [-0.39, 0.29) is 81.9 Å². The molecule has 0 bridgehead atoms. The lowest BCUT2D eigenvalue weighted by Crippen LogP contribution is -2.63. The quantitative estimate of drug-likeness (QED) is 0.0674. The fourth-order valence-corrected chi connectivity index (χ4v) is 11.2. The van der Waals surface area contributed by atoms with Gasteiger partial charge in [-0.1, -0.05) is 104 Å². The van der Waals surface area contributed by atoms with E-state index in [1.165, 1.54) is 87.7 Å². The highest BCUT2D eigenvalue weighted by molar-refractivity contribution is 5.99. The van der Waals surface area contributed by atoms with E-state index in [4.69, 9.17) is 4.74 Å². The van der Waals surface area contributed by atoms with Crippen LogP contribution in [0.2, 0.25) is 0 Å². The Balaban J connectivity index is 4.31. The molecule has 1 aliphatic rings. The Morgan fingerprint density at radius 3 is 1.44 bits per heavy atom. The number of amides is 13. The molecule has 13 amide bonds. The summed E-state index contributed by atoms with van der Waals surface area (Å²) in [5.41, 5.74) is 0. The van der Waals surface area contributed by atoms with E-state index in [2.05, 4.69) is 38.5 Å². The molecule has 12 atom stereocenters. The van der Waals surface area contributed by atoms with Gasteiger partial charge in [-0.25, -0.2) is 4.79 Å². The number of ether oxygens (including phenoxy) is 1.